The van der Waals surface area contributed by atoms with E-state index in [4.69, 9.17) is 0 Å². The molecule has 2 aromatic heterocycles. The summed E-state index contributed by atoms with van der Waals surface area (Å²) in [5.41, 5.74) is 5.82. The third-order valence-electron chi connectivity index (χ3n) is 8.03. The van der Waals surface area contributed by atoms with Gasteiger partial charge in [0.05, 0.1) is 16.6 Å². The molecule has 4 aromatic rings. The molecule has 0 radical (unpaired) electrons. The quantitative estimate of drug-likeness (QED) is 0.314. The molecule has 0 atom stereocenters. The maximum Gasteiger partial charge on any atom is 0.233 e. The largest absolute Gasteiger partial charge is 0.384 e. The predicted molar refractivity (Wildman–Crippen MR) is 154 cm³/mol. The van der Waals surface area contributed by atoms with Crippen molar-refractivity contribution in [3.63, 3.8) is 0 Å². The van der Waals surface area contributed by atoms with Crippen LogP contribution in [0.5, 0.6) is 0 Å². The summed E-state index contributed by atoms with van der Waals surface area (Å²) in [6.07, 6.45) is 5.49. The second-order valence-corrected chi connectivity index (χ2v) is 10.5. The van der Waals surface area contributed by atoms with Crippen molar-refractivity contribution in [3.8, 4) is 11.1 Å². The fourth-order valence-corrected chi connectivity index (χ4v) is 5.67. The van der Waals surface area contributed by atoms with Gasteiger partial charge >= 0.3 is 0 Å². The van der Waals surface area contributed by atoms with Crippen LogP contribution in [0.3, 0.4) is 0 Å². The summed E-state index contributed by atoms with van der Waals surface area (Å²) in [6.45, 7) is 7.72. The number of anilines is 2. The van der Waals surface area contributed by atoms with Gasteiger partial charge < -0.3 is 20.4 Å². The summed E-state index contributed by atoms with van der Waals surface area (Å²) in [4.78, 5) is 17.8. The molecule has 1 aliphatic carbocycles. The highest BCUT2D eigenvalue weighted by Gasteiger charge is 2.53. The van der Waals surface area contributed by atoms with Gasteiger partial charge in [-0.2, -0.15) is 5.10 Å². The van der Waals surface area contributed by atoms with Crippen LogP contribution in [-0.4, -0.2) is 66.2 Å². The molecule has 1 aliphatic heterocycles. The molecule has 2 N–H and O–H groups in total. The van der Waals surface area contributed by atoms with Crippen LogP contribution >= 0.6 is 0 Å². The van der Waals surface area contributed by atoms with Gasteiger partial charge in [-0.05, 0) is 66.9 Å². The molecule has 1 saturated carbocycles. The lowest BCUT2D eigenvalue weighted by molar-refractivity contribution is -0.134. The number of hydrogen-bond acceptors (Lipinski definition) is 5. The number of halogens is 1. The average molecular weight is 527 g/mol. The van der Waals surface area contributed by atoms with E-state index in [1.807, 2.05) is 21.7 Å². The molecule has 0 bridgehead atoms. The smallest absolute Gasteiger partial charge is 0.233 e. The number of hydrogen-bond donors (Lipinski definition) is 2. The number of benzene rings is 2. The van der Waals surface area contributed by atoms with Crippen molar-refractivity contribution in [2.24, 2.45) is 0 Å². The van der Waals surface area contributed by atoms with Crippen molar-refractivity contribution in [1.29, 1.82) is 0 Å². The minimum Gasteiger partial charge on any atom is -0.384 e. The Bertz CT molecular complexity index is 1450. The van der Waals surface area contributed by atoms with Crippen LogP contribution in [0.15, 0.2) is 73.1 Å². The van der Waals surface area contributed by atoms with E-state index in [1.165, 1.54) is 12.1 Å². The van der Waals surface area contributed by atoms with E-state index >= 15 is 0 Å². The van der Waals surface area contributed by atoms with Gasteiger partial charge in [0.1, 0.15) is 5.82 Å². The Hall–Kier alpha value is -3.91. The molecule has 2 aromatic carbocycles. The molecule has 0 spiro atoms. The summed E-state index contributed by atoms with van der Waals surface area (Å²) < 4.78 is 15.8. The Kier molecular flexibility index (Phi) is 6.95. The first-order valence-electron chi connectivity index (χ1n) is 13.9. The van der Waals surface area contributed by atoms with Crippen LogP contribution in [0.1, 0.15) is 25.3 Å². The molecule has 2 fully saturated rings. The summed E-state index contributed by atoms with van der Waals surface area (Å²) in [6, 6.07) is 19.3. The Morgan fingerprint density at radius 2 is 1.77 bits per heavy atom. The van der Waals surface area contributed by atoms with E-state index in [1.54, 1.807) is 6.07 Å². The highest BCUT2D eigenvalue weighted by molar-refractivity contribution is 5.91. The molecule has 6 rings (SSSR count). The lowest BCUT2D eigenvalue weighted by Gasteiger charge is -2.38. The van der Waals surface area contributed by atoms with Crippen molar-refractivity contribution in [2.45, 2.75) is 25.2 Å². The number of amides is 1. The number of likely N-dealkylation sites (N-methyl/N-ethyl adjacent to an activating group) is 1. The van der Waals surface area contributed by atoms with Gasteiger partial charge in [-0.1, -0.05) is 31.2 Å². The fraction of sp³-hybridized carbons (Fsp3) is 0.355. The Labute approximate surface area is 228 Å². The average Bonchev–Trinajstić information content (AvgIpc) is 3.67. The number of fused-ring (bicyclic) bond motifs is 1. The zero-order valence-corrected chi connectivity index (χ0v) is 22.4. The Morgan fingerprint density at radius 1 is 0.974 bits per heavy atom. The van der Waals surface area contributed by atoms with Crippen LogP contribution in [0.2, 0.25) is 0 Å². The van der Waals surface area contributed by atoms with Crippen LogP contribution in [0.4, 0.5) is 15.8 Å². The molecule has 39 heavy (non-hydrogen) atoms. The molecule has 0 unspecified atom stereocenters. The number of rotatable bonds is 9. The SMILES string of the molecule is CCNCCNc1ccc(-c2cc3c(N4CCN(C(=O)C5(c6cccc(F)c6)CC5)CC4)ccnn3c2)cc1. The normalized spacial score (nSPS) is 16.5. The van der Waals surface area contributed by atoms with Crippen molar-refractivity contribution in [2.75, 3.05) is 56.0 Å². The first kappa shape index (κ1) is 25.4. The van der Waals surface area contributed by atoms with Crippen LogP contribution in [0.25, 0.3) is 16.6 Å². The number of nitrogens with one attached hydrogen (secondary N) is 2. The van der Waals surface area contributed by atoms with Gasteiger partial charge in [0.15, 0.2) is 0 Å². The molecular formula is C31H35FN6O. The molecule has 1 amide bonds. The number of carbonyl (C=O) groups excluding carboxylic acids is 1. The van der Waals surface area contributed by atoms with E-state index in [0.29, 0.717) is 13.1 Å². The maximum atomic E-state index is 13.9. The molecular weight excluding hydrogens is 491 g/mol. The van der Waals surface area contributed by atoms with Gasteiger partial charge in [0.2, 0.25) is 5.91 Å². The van der Waals surface area contributed by atoms with Gasteiger partial charge in [-0.15, -0.1) is 0 Å². The molecule has 7 nitrogen and oxygen atoms in total. The van der Waals surface area contributed by atoms with Gasteiger partial charge in [-0.3, -0.25) is 4.79 Å². The highest BCUT2D eigenvalue weighted by atomic mass is 19.1. The van der Waals surface area contributed by atoms with Crippen LogP contribution in [0, 0.1) is 5.82 Å². The van der Waals surface area contributed by atoms with Gasteiger partial charge in [-0.25, -0.2) is 8.91 Å². The van der Waals surface area contributed by atoms with E-state index in [0.717, 1.165) is 79.1 Å². The summed E-state index contributed by atoms with van der Waals surface area (Å²) in [5, 5.41) is 11.3. The first-order valence-corrected chi connectivity index (χ1v) is 13.9. The summed E-state index contributed by atoms with van der Waals surface area (Å²) in [5.74, 6) is -0.144. The van der Waals surface area contributed by atoms with E-state index in [9.17, 15) is 9.18 Å². The number of carbonyl (C=O) groups is 1. The monoisotopic (exact) mass is 526 g/mol. The fourth-order valence-electron chi connectivity index (χ4n) is 5.67. The van der Waals surface area contributed by atoms with Crippen molar-refractivity contribution in [1.82, 2.24) is 19.8 Å². The lowest BCUT2D eigenvalue weighted by Crippen LogP contribution is -2.51. The topological polar surface area (TPSA) is 64.9 Å². The van der Waals surface area contributed by atoms with Crippen LogP contribution in [-0.2, 0) is 10.2 Å². The second-order valence-electron chi connectivity index (χ2n) is 10.5. The maximum absolute atomic E-state index is 13.9. The Balaban J connectivity index is 1.13. The third-order valence-corrected chi connectivity index (χ3v) is 8.03. The number of nitrogens with zero attached hydrogens (tertiary/aromatic N) is 4. The van der Waals surface area contributed by atoms with Gasteiger partial charge in [0, 0.05) is 62.9 Å². The third kappa shape index (κ3) is 5.08. The molecule has 3 heterocycles. The van der Waals surface area contributed by atoms with Crippen molar-refractivity contribution >= 4 is 22.8 Å². The van der Waals surface area contributed by atoms with Crippen LogP contribution < -0.4 is 15.5 Å². The number of piperazine rings is 1. The van der Waals surface area contributed by atoms with Crippen molar-refractivity contribution < 1.29 is 9.18 Å². The minimum atomic E-state index is -0.540. The lowest BCUT2D eigenvalue weighted by atomic mass is 9.94. The zero-order chi connectivity index (χ0) is 26.8. The van der Waals surface area contributed by atoms with Crippen molar-refractivity contribution in [3.05, 3.63) is 84.4 Å². The summed E-state index contributed by atoms with van der Waals surface area (Å²) >= 11 is 0. The number of aromatic nitrogens is 2. The van der Waals surface area contributed by atoms with E-state index < -0.39 is 5.41 Å². The standard InChI is InChI=1S/C31H35FN6O/c1-2-33-14-15-34-27-8-6-23(7-9-27)24-20-29-28(10-13-35-38(29)22-24)36-16-18-37(19-17-36)30(39)31(11-12-31)25-4-3-5-26(32)21-25/h3-10,13,20-22,33-34H,2,11-12,14-19H2,1H3. The first-order chi connectivity index (χ1) is 19.1. The minimum absolute atomic E-state index is 0.136. The van der Waals surface area contributed by atoms with Gasteiger partial charge in [0.25, 0.3) is 0 Å². The molecule has 8 heteroatoms. The predicted octanol–water partition coefficient (Wildman–Crippen LogP) is 4.54. The van der Waals surface area contributed by atoms with E-state index in [2.05, 4.69) is 70.2 Å². The Morgan fingerprint density at radius 3 is 2.49 bits per heavy atom. The highest BCUT2D eigenvalue weighted by Crippen LogP contribution is 2.50. The zero-order valence-electron chi connectivity index (χ0n) is 22.4. The second kappa shape index (κ2) is 10.7. The molecule has 2 aliphatic rings. The van der Waals surface area contributed by atoms with E-state index in [-0.39, 0.29) is 11.7 Å². The molecule has 1 saturated heterocycles. The summed E-state index contributed by atoms with van der Waals surface area (Å²) in [7, 11) is 0. The molecule has 202 valence electrons.